The molecule has 2 heterocycles. The van der Waals surface area contributed by atoms with Crippen LogP contribution in [0, 0.1) is 6.92 Å². The Balaban J connectivity index is 1.86. The highest BCUT2D eigenvalue weighted by molar-refractivity contribution is 8.00. The van der Waals surface area contributed by atoms with Gasteiger partial charge in [-0.05, 0) is 48.4 Å². The van der Waals surface area contributed by atoms with Gasteiger partial charge >= 0.3 is 16.3 Å². The minimum Gasteiger partial charge on any atom is -0.212 e. The van der Waals surface area contributed by atoms with E-state index in [1.165, 1.54) is 18.2 Å². The van der Waals surface area contributed by atoms with E-state index in [0.29, 0.717) is 0 Å². The van der Waals surface area contributed by atoms with Crippen molar-refractivity contribution in [2.75, 3.05) is 13.1 Å². The van der Waals surface area contributed by atoms with E-state index in [-0.39, 0.29) is 17.4 Å². The first-order valence-corrected chi connectivity index (χ1v) is 11.3. The van der Waals surface area contributed by atoms with Crippen molar-refractivity contribution in [3.8, 4) is 0 Å². The Kier molecular flexibility index (Phi) is 6.51. The smallest absolute Gasteiger partial charge is 0.212 e. The van der Waals surface area contributed by atoms with Crippen molar-refractivity contribution in [2.24, 2.45) is 0 Å². The Morgan fingerprint density at radius 1 is 0.893 bits per heavy atom. The fourth-order valence-corrected chi connectivity index (χ4v) is 7.02. The highest BCUT2D eigenvalue weighted by Gasteiger charge is 2.36. The Hall–Kier alpha value is -1.00. The molecule has 10 heteroatoms. The number of rotatable bonds is 3. The maximum absolute atomic E-state index is 13.0. The third-order valence-corrected chi connectivity index (χ3v) is 8.62. The molecule has 1 aliphatic heterocycles. The van der Waals surface area contributed by atoms with Gasteiger partial charge in [-0.1, -0.05) is 11.3 Å². The molecule has 1 nitrogen and oxygen atoms in total. The van der Waals surface area contributed by atoms with Crippen molar-refractivity contribution < 1.29 is 26.3 Å². The second-order valence-corrected chi connectivity index (χ2v) is 10.3. The average Bonchev–Trinajstić information content (AvgIpc) is 3.00. The van der Waals surface area contributed by atoms with Crippen LogP contribution in [0.5, 0.6) is 0 Å². The molecular formula is C18H18F6NS3+. The second-order valence-electron chi connectivity index (χ2n) is 6.56. The van der Waals surface area contributed by atoms with Crippen LogP contribution in [0.15, 0.2) is 22.4 Å². The normalized spacial score (nSPS) is 15.9. The average molecular weight is 459 g/mol. The Labute approximate surface area is 170 Å². The lowest BCUT2D eigenvalue weighted by Crippen LogP contribution is -2.31. The molecule has 28 heavy (non-hydrogen) atoms. The van der Waals surface area contributed by atoms with Gasteiger partial charge in [0.1, 0.15) is 13.1 Å². The zero-order valence-corrected chi connectivity index (χ0v) is 17.4. The molecule has 0 atom stereocenters. The Morgan fingerprint density at radius 3 is 2.00 bits per heavy atom. The molecule has 154 valence electrons. The molecule has 1 saturated heterocycles. The summed E-state index contributed by atoms with van der Waals surface area (Å²) in [4.78, 5) is 1.04. The van der Waals surface area contributed by atoms with Crippen LogP contribution in [0.4, 0.5) is 26.3 Å². The van der Waals surface area contributed by atoms with Crippen LogP contribution in [-0.4, -0.2) is 13.1 Å². The second kappa shape index (κ2) is 8.39. The maximum atomic E-state index is 13.0. The predicted octanol–water partition coefficient (Wildman–Crippen LogP) is 6.40. The SMILES string of the molecule is Cc1sc(=[N+]2CCCCC2)sc1SCc1cc(C(F)(F)F)cc(C(F)(F)F)c1. The fourth-order valence-electron chi connectivity index (χ4n) is 2.93. The van der Waals surface area contributed by atoms with Crippen LogP contribution in [0.2, 0.25) is 0 Å². The summed E-state index contributed by atoms with van der Waals surface area (Å²) in [6, 6.07) is 1.78. The van der Waals surface area contributed by atoms with Crippen molar-refractivity contribution in [1.82, 2.24) is 4.58 Å². The van der Waals surface area contributed by atoms with E-state index in [0.717, 1.165) is 51.1 Å². The van der Waals surface area contributed by atoms with E-state index in [1.807, 2.05) is 6.92 Å². The Bertz CT molecular complexity index is 867. The first-order chi connectivity index (χ1) is 13.0. The quantitative estimate of drug-likeness (QED) is 0.292. The van der Waals surface area contributed by atoms with Crippen LogP contribution in [0.1, 0.15) is 40.8 Å². The van der Waals surface area contributed by atoms with Gasteiger partial charge in [-0.2, -0.15) is 26.3 Å². The monoisotopic (exact) mass is 458 g/mol. The van der Waals surface area contributed by atoms with E-state index in [9.17, 15) is 26.3 Å². The van der Waals surface area contributed by atoms with Crippen molar-refractivity contribution >= 4 is 34.4 Å². The van der Waals surface area contributed by atoms with Gasteiger partial charge in [0.15, 0.2) is 0 Å². The van der Waals surface area contributed by atoms with Gasteiger partial charge in [0, 0.05) is 23.5 Å². The number of halogens is 6. The summed E-state index contributed by atoms with van der Waals surface area (Å²) < 4.78 is 82.4. The summed E-state index contributed by atoms with van der Waals surface area (Å²) >= 11 is 4.49. The van der Waals surface area contributed by atoms with Crippen molar-refractivity contribution in [2.45, 2.75) is 48.5 Å². The topological polar surface area (TPSA) is 3.01 Å². The lowest BCUT2D eigenvalue weighted by Gasteiger charge is -2.14. The van der Waals surface area contributed by atoms with Crippen molar-refractivity contribution in [1.29, 1.82) is 0 Å². The molecule has 0 radical (unpaired) electrons. The van der Waals surface area contributed by atoms with Gasteiger partial charge in [0.25, 0.3) is 0 Å². The summed E-state index contributed by atoms with van der Waals surface area (Å²) in [6.07, 6.45) is -6.15. The van der Waals surface area contributed by atoms with Gasteiger partial charge in [-0.15, -0.1) is 11.8 Å². The zero-order chi connectivity index (χ0) is 20.5. The molecule has 0 saturated carbocycles. The summed E-state index contributed by atoms with van der Waals surface area (Å²) in [5, 5.41) is 0. The molecule has 1 aromatic heterocycles. The molecule has 0 amide bonds. The first kappa shape index (κ1) is 21.7. The number of hydrogen-bond donors (Lipinski definition) is 0. The van der Waals surface area contributed by atoms with Gasteiger partial charge in [-0.3, -0.25) is 0 Å². The summed E-state index contributed by atoms with van der Waals surface area (Å²) in [5.41, 5.74) is -2.51. The molecule has 0 bridgehead atoms. The Morgan fingerprint density at radius 2 is 1.46 bits per heavy atom. The van der Waals surface area contributed by atoms with Gasteiger partial charge in [0.2, 0.25) is 0 Å². The molecule has 3 rings (SSSR count). The van der Waals surface area contributed by atoms with Gasteiger partial charge in [-0.25, -0.2) is 4.58 Å². The standard InChI is InChI=1S/C18H18F6NS3/c1-11-15(28-16(27-11)25-5-3-2-4-6-25)26-10-12-7-13(17(19,20)21)9-14(8-12)18(22,23)24/h7-9H,2-6,10H2,1H3/q+1. The van der Waals surface area contributed by atoms with E-state index < -0.39 is 23.5 Å². The number of alkyl halides is 6. The maximum Gasteiger partial charge on any atom is 0.416 e. The number of piperidine rings is 1. The number of hydrogen-bond acceptors (Lipinski definition) is 3. The largest absolute Gasteiger partial charge is 0.416 e. The fraction of sp³-hybridized carbons (Fsp3) is 0.500. The zero-order valence-electron chi connectivity index (χ0n) is 14.9. The number of nitrogens with zero attached hydrogens (tertiary/aromatic N) is 1. The number of aryl methyl sites for hydroxylation is 1. The van der Waals surface area contributed by atoms with E-state index in [2.05, 4.69) is 4.58 Å². The van der Waals surface area contributed by atoms with Crippen molar-refractivity contribution in [3.05, 3.63) is 43.8 Å². The third-order valence-electron chi connectivity index (χ3n) is 4.34. The molecule has 0 unspecified atom stereocenters. The molecule has 0 N–H and O–H groups in total. The molecular weight excluding hydrogens is 440 g/mol. The van der Waals surface area contributed by atoms with Crippen LogP contribution in [-0.2, 0) is 18.1 Å². The van der Waals surface area contributed by atoms with E-state index in [1.54, 1.807) is 22.7 Å². The first-order valence-electron chi connectivity index (χ1n) is 8.63. The van der Waals surface area contributed by atoms with Gasteiger partial charge < -0.3 is 0 Å². The minimum atomic E-state index is -4.82. The highest BCUT2D eigenvalue weighted by Crippen LogP contribution is 2.38. The number of thioether (sulfide) groups is 1. The van der Waals surface area contributed by atoms with Crippen molar-refractivity contribution in [3.63, 3.8) is 0 Å². The third kappa shape index (κ3) is 5.33. The minimum absolute atomic E-state index is 0.0180. The van der Waals surface area contributed by atoms with Crippen LogP contribution >= 0.6 is 34.4 Å². The lowest BCUT2D eigenvalue weighted by molar-refractivity contribution is -0.143. The number of benzene rings is 1. The highest BCUT2D eigenvalue weighted by atomic mass is 32.2. The molecule has 0 spiro atoms. The summed E-state index contributed by atoms with van der Waals surface area (Å²) in [6.45, 7) is 3.91. The molecule has 1 aromatic carbocycles. The van der Waals surface area contributed by atoms with E-state index in [4.69, 9.17) is 0 Å². The van der Waals surface area contributed by atoms with Gasteiger partial charge in [0.05, 0.1) is 15.3 Å². The molecule has 2 aromatic rings. The van der Waals surface area contributed by atoms with Crippen LogP contribution < -0.4 is 8.56 Å². The predicted molar refractivity (Wildman–Crippen MR) is 102 cm³/mol. The summed E-state index contributed by atoms with van der Waals surface area (Å²) in [5.74, 6) is 0.0561. The van der Waals surface area contributed by atoms with Crippen LogP contribution in [0.25, 0.3) is 0 Å². The van der Waals surface area contributed by atoms with Crippen LogP contribution in [0.3, 0.4) is 0 Å². The van der Waals surface area contributed by atoms with E-state index >= 15 is 0 Å². The molecule has 1 fully saturated rings. The lowest BCUT2D eigenvalue weighted by atomic mass is 10.1. The molecule has 1 aliphatic rings. The molecule has 0 aliphatic carbocycles. The summed E-state index contributed by atoms with van der Waals surface area (Å²) in [7, 11) is 0.